The predicted molar refractivity (Wildman–Crippen MR) is 114 cm³/mol. The van der Waals surface area contributed by atoms with Crippen molar-refractivity contribution in [1.82, 2.24) is 9.97 Å². The normalized spacial score (nSPS) is 11.3. The Morgan fingerprint density at radius 3 is 2.37 bits per heavy atom. The molecule has 0 radical (unpaired) electrons. The molecule has 130 valence electrons. The Morgan fingerprint density at radius 2 is 1.52 bits per heavy atom. The van der Waals surface area contributed by atoms with Gasteiger partial charge in [0.2, 0.25) is 0 Å². The Bertz CT molecular complexity index is 1270. The van der Waals surface area contributed by atoms with Crippen molar-refractivity contribution in [2.24, 2.45) is 0 Å². The number of nitrogens with zero attached hydrogens (tertiary/aromatic N) is 1. The van der Waals surface area contributed by atoms with E-state index in [0.717, 1.165) is 44.3 Å². The van der Waals surface area contributed by atoms with Crippen LogP contribution < -0.4 is 0 Å². The lowest BCUT2D eigenvalue weighted by molar-refractivity contribution is 1.34. The molecule has 0 atom stereocenters. The van der Waals surface area contributed by atoms with Gasteiger partial charge in [0, 0.05) is 26.7 Å². The average molecular weight is 389 g/mol. The highest BCUT2D eigenvalue weighted by molar-refractivity contribution is 6.37. The maximum atomic E-state index is 6.59. The molecule has 0 fully saturated rings. The molecule has 27 heavy (non-hydrogen) atoms. The van der Waals surface area contributed by atoms with Crippen LogP contribution in [0.2, 0.25) is 10.0 Å². The number of fused-ring (bicyclic) bond motifs is 2. The summed E-state index contributed by atoms with van der Waals surface area (Å²) in [6.07, 6.45) is 0. The smallest absolute Gasteiger partial charge is 0.139 e. The Morgan fingerprint density at radius 1 is 0.741 bits per heavy atom. The van der Waals surface area contributed by atoms with E-state index in [1.807, 2.05) is 48.5 Å². The highest BCUT2D eigenvalue weighted by atomic mass is 35.5. The van der Waals surface area contributed by atoms with Gasteiger partial charge in [-0.25, -0.2) is 4.98 Å². The van der Waals surface area contributed by atoms with Crippen LogP contribution in [0.25, 0.3) is 44.3 Å². The molecule has 1 aromatic heterocycles. The van der Waals surface area contributed by atoms with Gasteiger partial charge >= 0.3 is 0 Å². The summed E-state index contributed by atoms with van der Waals surface area (Å²) in [5.74, 6) is 0.822. The van der Waals surface area contributed by atoms with Gasteiger partial charge in [0.1, 0.15) is 5.82 Å². The van der Waals surface area contributed by atoms with Crippen LogP contribution in [-0.2, 0) is 0 Å². The summed E-state index contributed by atoms with van der Waals surface area (Å²) in [5.41, 5.74) is 4.94. The lowest BCUT2D eigenvalue weighted by Crippen LogP contribution is -1.90. The monoisotopic (exact) mass is 388 g/mol. The predicted octanol–water partition coefficient (Wildman–Crippen LogP) is 7.36. The number of hydrogen-bond donors (Lipinski definition) is 1. The molecule has 0 aliphatic rings. The Labute approximate surface area is 166 Å². The number of halogens is 2. The summed E-state index contributed by atoms with van der Waals surface area (Å²) < 4.78 is 0. The molecule has 0 bridgehead atoms. The van der Waals surface area contributed by atoms with Crippen molar-refractivity contribution in [2.75, 3.05) is 0 Å². The molecule has 0 amide bonds. The summed E-state index contributed by atoms with van der Waals surface area (Å²) in [6.45, 7) is 0. The van der Waals surface area contributed by atoms with E-state index in [1.54, 1.807) is 6.07 Å². The fraction of sp³-hybridized carbons (Fsp3) is 0. The number of H-pyrrole nitrogens is 1. The van der Waals surface area contributed by atoms with Crippen molar-refractivity contribution in [3.8, 4) is 22.5 Å². The number of benzene rings is 4. The van der Waals surface area contributed by atoms with E-state index in [2.05, 4.69) is 29.2 Å². The average Bonchev–Trinajstić information content (AvgIpc) is 3.11. The second-order valence-corrected chi connectivity index (χ2v) is 7.28. The van der Waals surface area contributed by atoms with Crippen LogP contribution in [0.4, 0.5) is 0 Å². The molecule has 5 aromatic rings. The number of rotatable bonds is 2. The van der Waals surface area contributed by atoms with Gasteiger partial charge in [0.05, 0.1) is 11.0 Å². The van der Waals surface area contributed by atoms with E-state index in [9.17, 15) is 0 Å². The minimum Gasteiger partial charge on any atom is -0.338 e. The zero-order chi connectivity index (χ0) is 18.4. The number of hydrogen-bond acceptors (Lipinski definition) is 1. The van der Waals surface area contributed by atoms with Crippen LogP contribution in [0.1, 0.15) is 0 Å². The Kier molecular flexibility index (Phi) is 3.89. The fourth-order valence-corrected chi connectivity index (χ4v) is 4.03. The first-order valence-electron chi connectivity index (χ1n) is 8.63. The maximum absolute atomic E-state index is 6.59. The third-order valence-electron chi connectivity index (χ3n) is 4.77. The standard InChI is InChI=1S/C23H14Cl2N2/c24-15-10-12-17(19(25)13-15)22-16-6-2-1-5-14(16)9-11-18(22)23-26-20-7-3-4-8-21(20)27-23/h1-13H,(H,26,27). The van der Waals surface area contributed by atoms with Crippen molar-refractivity contribution < 1.29 is 0 Å². The van der Waals surface area contributed by atoms with Crippen LogP contribution in [0, 0.1) is 0 Å². The molecule has 0 saturated heterocycles. The van der Waals surface area contributed by atoms with Gasteiger partial charge in [0.25, 0.3) is 0 Å². The highest BCUT2D eigenvalue weighted by Crippen LogP contribution is 2.41. The second-order valence-electron chi connectivity index (χ2n) is 6.44. The van der Waals surface area contributed by atoms with Crippen molar-refractivity contribution >= 4 is 45.0 Å². The molecule has 0 unspecified atom stereocenters. The van der Waals surface area contributed by atoms with Crippen LogP contribution in [-0.4, -0.2) is 9.97 Å². The molecule has 4 heteroatoms. The van der Waals surface area contributed by atoms with Gasteiger partial charge in [-0.2, -0.15) is 0 Å². The van der Waals surface area contributed by atoms with Gasteiger partial charge in [-0.05, 0) is 41.1 Å². The summed E-state index contributed by atoms with van der Waals surface area (Å²) in [7, 11) is 0. The third-order valence-corrected chi connectivity index (χ3v) is 5.32. The molecule has 4 aromatic carbocycles. The molecule has 5 rings (SSSR count). The fourth-order valence-electron chi connectivity index (χ4n) is 3.53. The van der Waals surface area contributed by atoms with Gasteiger partial charge in [0.15, 0.2) is 0 Å². The van der Waals surface area contributed by atoms with E-state index in [0.29, 0.717) is 10.0 Å². The van der Waals surface area contributed by atoms with E-state index in [-0.39, 0.29) is 0 Å². The topological polar surface area (TPSA) is 28.7 Å². The minimum absolute atomic E-state index is 0.620. The van der Waals surface area contributed by atoms with Crippen LogP contribution in [0.5, 0.6) is 0 Å². The molecular formula is C23H14Cl2N2. The molecule has 0 aliphatic heterocycles. The quantitative estimate of drug-likeness (QED) is 0.336. The number of aromatic amines is 1. The van der Waals surface area contributed by atoms with E-state index in [4.69, 9.17) is 28.2 Å². The van der Waals surface area contributed by atoms with Gasteiger partial charge < -0.3 is 4.98 Å². The number of para-hydroxylation sites is 2. The molecule has 0 spiro atoms. The maximum Gasteiger partial charge on any atom is 0.139 e. The summed E-state index contributed by atoms with van der Waals surface area (Å²) in [4.78, 5) is 8.24. The lowest BCUT2D eigenvalue weighted by Gasteiger charge is -2.14. The molecule has 1 N–H and O–H groups in total. The zero-order valence-electron chi connectivity index (χ0n) is 14.2. The van der Waals surface area contributed by atoms with Crippen LogP contribution >= 0.6 is 23.2 Å². The third kappa shape index (κ3) is 2.78. The minimum atomic E-state index is 0.620. The van der Waals surface area contributed by atoms with Crippen molar-refractivity contribution in [2.45, 2.75) is 0 Å². The molecule has 1 heterocycles. The highest BCUT2D eigenvalue weighted by Gasteiger charge is 2.17. The molecular weight excluding hydrogens is 375 g/mol. The zero-order valence-corrected chi connectivity index (χ0v) is 15.7. The van der Waals surface area contributed by atoms with Crippen LogP contribution in [0.3, 0.4) is 0 Å². The van der Waals surface area contributed by atoms with Gasteiger partial charge in [-0.15, -0.1) is 0 Å². The first-order valence-corrected chi connectivity index (χ1v) is 9.38. The summed E-state index contributed by atoms with van der Waals surface area (Å²) in [5, 5.41) is 3.52. The van der Waals surface area contributed by atoms with Crippen LogP contribution in [0.15, 0.2) is 78.9 Å². The SMILES string of the molecule is Clc1ccc(-c2c(-c3nc4ccccc4[nH]3)ccc3ccccc23)c(Cl)c1. The van der Waals surface area contributed by atoms with E-state index in [1.165, 1.54) is 0 Å². The molecule has 0 saturated carbocycles. The second kappa shape index (κ2) is 6.41. The van der Waals surface area contributed by atoms with Crippen molar-refractivity contribution in [1.29, 1.82) is 0 Å². The Hall–Kier alpha value is -2.81. The lowest BCUT2D eigenvalue weighted by atomic mass is 9.93. The Balaban J connectivity index is 1.87. The van der Waals surface area contributed by atoms with Crippen molar-refractivity contribution in [3.63, 3.8) is 0 Å². The number of aromatic nitrogens is 2. The van der Waals surface area contributed by atoms with E-state index < -0.39 is 0 Å². The first-order chi connectivity index (χ1) is 13.2. The molecule has 2 nitrogen and oxygen atoms in total. The number of imidazole rings is 1. The largest absolute Gasteiger partial charge is 0.338 e. The summed E-state index contributed by atoms with van der Waals surface area (Å²) in [6, 6.07) is 26.2. The van der Waals surface area contributed by atoms with Gasteiger partial charge in [-0.1, -0.05) is 71.7 Å². The number of nitrogens with one attached hydrogen (secondary N) is 1. The summed E-state index contributed by atoms with van der Waals surface area (Å²) >= 11 is 12.7. The van der Waals surface area contributed by atoms with Gasteiger partial charge in [-0.3, -0.25) is 0 Å². The van der Waals surface area contributed by atoms with Crippen molar-refractivity contribution in [3.05, 3.63) is 88.9 Å². The first kappa shape index (κ1) is 16.4. The molecule has 0 aliphatic carbocycles. The van der Waals surface area contributed by atoms with E-state index >= 15 is 0 Å².